The number of anilines is 1. The van der Waals surface area contributed by atoms with E-state index in [0.29, 0.717) is 25.7 Å². The summed E-state index contributed by atoms with van der Waals surface area (Å²) in [6.45, 7) is 11.9. The SMILES string of the molecule is CCOc1ccc(NCCOCCC(C)C)cc1OCC. The minimum Gasteiger partial charge on any atom is -0.490 e. The Bertz CT molecular complexity index is 394. The third-order valence-electron chi connectivity index (χ3n) is 2.96. The van der Waals surface area contributed by atoms with Gasteiger partial charge in [0.15, 0.2) is 11.5 Å². The molecule has 4 nitrogen and oxygen atoms in total. The average Bonchev–Trinajstić information content (AvgIpc) is 2.45. The van der Waals surface area contributed by atoms with Crippen molar-refractivity contribution in [3.8, 4) is 11.5 Å². The number of hydrogen-bond acceptors (Lipinski definition) is 4. The highest BCUT2D eigenvalue weighted by atomic mass is 16.5. The molecule has 0 aromatic heterocycles. The molecule has 0 unspecified atom stereocenters. The van der Waals surface area contributed by atoms with Gasteiger partial charge < -0.3 is 19.5 Å². The number of rotatable bonds is 11. The lowest BCUT2D eigenvalue weighted by Crippen LogP contribution is -2.11. The molecule has 0 bridgehead atoms. The molecule has 21 heavy (non-hydrogen) atoms. The molecule has 1 aromatic carbocycles. The molecule has 0 aliphatic carbocycles. The summed E-state index contributed by atoms with van der Waals surface area (Å²) < 4.78 is 16.7. The quantitative estimate of drug-likeness (QED) is 0.627. The Kier molecular flexibility index (Phi) is 8.67. The molecule has 0 spiro atoms. The van der Waals surface area contributed by atoms with Crippen LogP contribution < -0.4 is 14.8 Å². The molecular weight excluding hydrogens is 266 g/mol. The third-order valence-corrected chi connectivity index (χ3v) is 2.96. The topological polar surface area (TPSA) is 39.7 Å². The first-order valence-electron chi connectivity index (χ1n) is 7.88. The first kappa shape index (κ1) is 17.6. The van der Waals surface area contributed by atoms with E-state index in [2.05, 4.69) is 19.2 Å². The van der Waals surface area contributed by atoms with Crippen molar-refractivity contribution in [1.29, 1.82) is 0 Å². The first-order chi connectivity index (χ1) is 10.2. The van der Waals surface area contributed by atoms with Crippen molar-refractivity contribution in [1.82, 2.24) is 0 Å². The molecule has 0 radical (unpaired) electrons. The molecule has 1 rings (SSSR count). The fourth-order valence-corrected chi connectivity index (χ4v) is 1.85. The van der Waals surface area contributed by atoms with Crippen LogP contribution in [0.3, 0.4) is 0 Å². The van der Waals surface area contributed by atoms with Crippen LogP contribution in [0.5, 0.6) is 11.5 Å². The second-order valence-corrected chi connectivity index (χ2v) is 5.25. The van der Waals surface area contributed by atoms with Crippen molar-refractivity contribution in [3.63, 3.8) is 0 Å². The summed E-state index contributed by atoms with van der Waals surface area (Å²) in [6, 6.07) is 5.92. The van der Waals surface area contributed by atoms with Crippen molar-refractivity contribution in [3.05, 3.63) is 18.2 Å². The molecule has 0 saturated carbocycles. The number of benzene rings is 1. The molecule has 0 aliphatic heterocycles. The fraction of sp³-hybridized carbons (Fsp3) is 0.647. The van der Waals surface area contributed by atoms with Gasteiger partial charge in [0.05, 0.1) is 19.8 Å². The van der Waals surface area contributed by atoms with Crippen molar-refractivity contribution >= 4 is 5.69 Å². The van der Waals surface area contributed by atoms with Gasteiger partial charge >= 0.3 is 0 Å². The van der Waals surface area contributed by atoms with E-state index in [9.17, 15) is 0 Å². The number of nitrogens with one attached hydrogen (secondary N) is 1. The Balaban J connectivity index is 2.39. The zero-order chi connectivity index (χ0) is 15.5. The molecule has 1 aromatic rings. The van der Waals surface area contributed by atoms with Gasteiger partial charge in [-0.1, -0.05) is 13.8 Å². The first-order valence-corrected chi connectivity index (χ1v) is 7.88. The van der Waals surface area contributed by atoms with Crippen LogP contribution in [-0.4, -0.2) is 33.0 Å². The highest BCUT2D eigenvalue weighted by molar-refractivity contribution is 5.54. The lowest BCUT2D eigenvalue weighted by atomic mass is 10.1. The van der Waals surface area contributed by atoms with E-state index in [4.69, 9.17) is 14.2 Å². The highest BCUT2D eigenvalue weighted by Gasteiger charge is 2.05. The lowest BCUT2D eigenvalue weighted by Gasteiger charge is -2.13. The van der Waals surface area contributed by atoms with Crippen LogP contribution >= 0.6 is 0 Å². The summed E-state index contributed by atoms with van der Waals surface area (Å²) in [6.07, 6.45) is 1.11. The Morgan fingerprint density at radius 2 is 1.71 bits per heavy atom. The summed E-state index contributed by atoms with van der Waals surface area (Å²) in [7, 11) is 0. The van der Waals surface area contributed by atoms with Gasteiger partial charge in [-0.3, -0.25) is 0 Å². The van der Waals surface area contributed by atoms with Gasteiger partial charge in [0.1, 0.15) is 0 Å². The van der Waals surface area contributed by atoms with Crippen LogP contribution in [-0.2, 0) is 4.74 Å². The van der Waals surface area contributed by atoms with Gasteiger partial charge in [-0.05, 0) is 38.3 Å². The van der Waals surface area contributed by atoms with Crippen LogP contribution in [0.4, 0.5) is 5.69 Å². The second kappa shape index (κ2) is 10.3. The highest BCUT2D eigenvalue weighted by Crippen LogP contribution is 2.30. The van der Waals surface area contributed by atoms with Gasteiger partial charge in [0.25, 0.3) is 0 Å². The number of hydrogen-bond donors (Lipinski definition) is 1. The Morgan fingerprint density at radius 1 is 1.00 bits per heavy atom. The van der Waals surface area contributed by atoms with Crippen molar-refractivity contribution < 1.29 is 14.2 Å². The maximum atomic E-state index is 5.61. The second-order valence-electron chi connectivity index (χ2n) is 5.25. The molecule has 0 aliphatic rings. The van der Waals surface area contributed by atoms with Crippen LogP contribution in [0, 0.1) is 5.92 Å². The maximum absolute atomic E-state index is 5.61. The van der Waals surface area contributed by atoms with E-state index in [1.165, 1.54) is 0 Å². The van der Waals surface area contributed by atoms with Crippen LogP contribution in [0.2, 0.25) is 0 Å². The Labute approximate surface area is 128 Å². The fourth-order valence-electron chi connectivity index (χ4n) is 1.85. The molecular formula is C17H29NO3. The zero-order valence-electron chi connectivity index (χ0n) is 13.8. The molecule has 0 heterocycles. The van der Waals surface area contributed by atoms with E-state index >= 15 is 0 Å². The Hall–Kier alpha value is -1.42. The van der Waals surface area contributed by atoms with E-state index in [0.717, 1.165) is 36.8 Å². The molecule has 1 N–H and O–H groups in total. The maximum Gasteiger partial charge on any atom is 0.163 e. The van der Waals surface area contributed by atoms with Gasteiger partial charge in [-0.15, -0.1) is 0 Å². The summed E-state index contributed by atoms with van der Waals surface area (Å²) in [5, 5.41) is 3.34. The molecule has 4 heteroatoms. The summed E-state index contributed by atoms with van der Waals surface area (Å²) in [4.78, 5) is 0. The van der Waals surface area contributed by atoms with Crippen LogP contribution in [0.1, 0.15) is 34.1 Å². The van der Waals surface area contributed by atoms with Crippen molar-refractivity contribution in [2.75, 3.05) is 38.3 Å². The van der Waals surface area contributed by atoms with Gasteiger partial charge in [0, 0.05) is 24.9 Å². The summed E-state index contributed by atoms with van der Waals surface area (Å²) in [5.41, 5.74) is 1.02. The van der Waals surface area contributed by atoms with E-state index in [1.807, 2.05) is 32.0 Å². The van der Waals surface area contributed by atoms with E-state index < -0.39 is 0 Å². The molecule has 0 atom stereocenters. The predicted octanol–water partition coefficient (Wildman–Crippen LogP) is 3.96. The van der Waals surface area contributed by atoms with Crippen molar-refractivity contribution in [2.45, 2.75) is 34.1 Å². The molecule has 0 amide bonds. The minimum atomic E-state index is 0.627. The van der Waals surface area contributed by atoms with Crippen LogP contribution in [0.25, 0.3) is 0 Å². The zero-order valence-corrected chi connectivity index (χ0v) is 13.8. The van der Waals surface area contributed by atoms with E-state index in [1.54, 1.807) is 0 Å². The third kappa shape index (κ3) is 7.23. The lowest BCUT2D eigenvalue weighted by molar-refractivity contribution is 0.132. The standard InChI is InChI=1S/C17H29NO3/c1-5-20-16-8-7-15(13-17(16)21-6-2)18-10-12-19-11-9-14(3)4/h7-8,13-14,18H,5-6,9-12H2,1-4H3. The average molecular weight is 295 g/mol. The number of ether oxygens (including phenoxy) is 3. The van der Waals surface area contributed by atoms with Crippen LogP contribution in [0.15, 0.2) is 18.2 Å². The normalized spacial score (nSPS) is 10.7. The van der Waals surface area contributed by atoms with Gasteiger partial charge in [0.2, 0.25) is 0 Å². The largest absolute Gasteiger partial charge is 0.490 e. The summed E-state index contributed by atoms with van der Waals surface area (Å²) in [5.74, 6) is 2.26. The molecule has 0 fully saturated rings. The van der Waals surface area contributed by atoms with Gasteiger partial charge in [-0.2, -0.15) is 0 Å². The minimum absolute atomic E-state index is 0.627. The predicted molar refractivity (Wildman–Crippen MR) is 87.5 cm³/mol. The van der Waals surface area contributed by atoms with E-state index in [-0.39, 0.29) is 0 Å². The smallest absolute Gasteiger partial charge is 0.163 e. The molecule has 0 saturated heterocycles. The summed E-state index contributed by atoms with van der Waals surface area (Å²) >= 11 is 0. The Morgan fingerprint density at radius 3 is 2.38 bits per heavy atom. The monoisotopic (exact) mass is 295 g/mol. The van der Waals surface area contributed by atoms with Gasteiger partial charge in [-0.25, -0.2) is 0 Å². The van der Waals surface area contributed by atoms with Crippen molar-refractivity contribution in [2.24, 2.45) is 5.92 Å². The molecule has 120 valence electrons.